The first kappa shape index (κ1) is 20.9. The number of hydrogen-bond acceptors (Lipinski definition) is 0. The third-order valence-corrected chi connectivity index (χ3v) is 7.50. The van der Waals surface area contributed by atoms with Gasteiger partial charge in [-0.25, -0.2) is 0 Å². The molecule has 1 aliphatic rings. The van der Waals surface area contributed by atoms with Crippen LogP contribution >= 0.6 is 0 Å². The van der Waals surface area contributed by atoms with Crippen LogP contribution in [0.5, 0.6) is 0 Å². The third kappa shape index (κ3) is 3.30. The minimum Gasteiger partial charge on any atom is -0.0757 e. The highest BCUT2D eigenvalue weighted by Crippen LogP contribution is 2.38. The zero-order valence-corrected chi connectivity index (χ0v) is 20.1. The predicted octanol–water partition coefficient (Wildman–Crippen LogP) is 8.35. The summed E-state index contributed by atoms with van der Waals surface area (Å²) in [5, 5.41) is 7.98. The van der Waals surface area contributed by atoms with Gasteiger partial charge in [0, 0.05) is 0 Å². The van der Waals surface area contributed by atoms with Crippen molar-refractivity contribution in [2.45, 2.75) is 12.8 Å². The van der Waals surface area contributed by atoms with Crippen molar-refractivity contribution in [3.8, 4) is 33.4 Å². The molecule has 0 bridgehead atoms. The van der Waals surface area contributed by atoms with E-state index in [9.17, 15) is 0 Å². The predicted molar refractivity (Wildman–Crippen MR) is 155 cm³/mol. The molecular weight excluding hydrogens is 432 g/mol. The van der Waals surface area contributed by atoms with Crippen molar-refractivity contribution >= 4 is 33.7 Å². The van der Waals surface area contributed by atoms with Crippen molar-refractivity contribution in [2.75, 3.05) is 0 Å². The molecule has 6 aromatic rings. The summed E-state index contributed by atoms with van der Waals surface area (Å²) in [6.45, 7) is 0. The highest BCUT2D eigenvalue weighted by molar-refractivity contribution is 6.12. The van der Waals surface area contributed by atoms with Crippen molar-refractivity contribution in [2.24, 2.45) is 0 Å². The van der Waals surface area contributed by atoms with E-state index in [1.54, 1.807) is 0 Å². The van der Waals surface area contributed by atoms with E-state index in [0.29, 0.717) is 0 Å². The standard InChI is InChI=1S/C36H26/c1-3-13-25(14-4-1)27-23-24-34(29-18-8-7-17-28(27)29)36-32-21-11-9-19-30(32)35(26-15-5-2-6-16-26)31-20-10-12-22-33(31)36/h1-9,11,13-24H,10,12H2. The molecule has 0 saturated carbocycles. The summed E-state index contributed by atoms with van der Waals surface area (Å²) in [7, 11) is 0. The molecule has 7 rings (SSSR count). The van der Waals surface area contributed by atoms with Gasteiger partial charge in [-0.15, -0.1) is 0 Å². The maximum absolute atomic E-state index is 2.46. The molecule has 0 heteroatoms. The van der Waals surface area contributed by atoms with E-state index in [-0.39, 0.29) is 0 Å². The number of benzene rings is 6. The molecule has 0 spiro atoms. The Hall–Kier alpha value is -4.42. The van der Waals surface area contributed by atoms with Gasteiger partial charge in [-0.05, 0) is 78.2 Å². The number of rotatable bonds is 3. The molecular formula is C36H26. The topological polar surface area (TPSA) is 0 Å². The molecule has 170 valence electrons. The minimum absolute atomic E-state index is 1.08. The van der Waals surface area contributed by atoms with Gasteiger partial charge in [-0.1, -0.05) is 133 Å². The highest BCUT2D eigenvalue weighted by atomic mass is 14.2. The second-order valence-corrected chi connectivity index (χ2v) is 9.55. The third-order valence-electron chi connectivity index (χ3n) is 7.50. The van der Waals surface area contributed by atoms with Crippen LogP contribution in [0.25, 0.3) is 67.1 Å². The summed E-state index contributed by atoms with van der Waals surface area (Å²) in [6.07, 6.45) is 7.07. The van der Waals surface area contributed by atoms with E-state index < -0.39 is 0 Å². The van der Waals surface area contributed by atoms with E-state index >= 15 is 0 Å². The van der Waals surface area contributed by atoms with E-state index in [2.05, 4.69) is 133 Å². The monoisotopic (exact) mass is 458 g/mol. The lowest BCUT2D eigenvalue weighted by molar-refractivity contribution is 1.12. The Labute approximate surface area is 211 Å². The molecule has 6 aromatic carbocycles. The molecule has 0 nitrogen and oxygen atoms in total. The van der Waals surface area contributed by atoms with Crippen LogP contribution in [0.4, 0.5) is 0 Å². The Kier molecular flexibility index (Phi) is 5.03. The van der Waals surface area contributed by atoms with Crippen LogP contribution in [-0.4, -0.2) is 0 Å². The lowest BCUT2D eigenvalue weighted by Crippen LogP contribution is -2.31. The van der Waals surface area contributed by atoms with Crippen LogP contribution in [-0.2, 0) is 0 Å². The van der Waals surface area contributed by atoms with E-state index in [1.165, 1.54) is 65.4 Å². The Morgan fingerprint density at radius 2 is 0.778 bits per heavy atom. The molecule has 36 heavy (non-hydrogen) atoms. The molecule has 0 radical (unpaired) electrons. The average Bonchev–Trinajstić information content (AvgIpc) is 2.96. The first-order valence-corrected chi connectivity index (χ1v) is 12.8. The summed E-state index contributed by atoms with van der Waals surface area (Å²) in [5.74, 6) is 0. The summed E-state index contributed by atoms with van der Waals surface area (Å²) in [6, 6.07) is 44.1. The normalized spacial score (nSPS) is 12.7. The molecule has 0 fully saturated rings. The molecule has 0 saturated heterocycles. The fourth-order valence-electron chi connectivity index (χ4n) is 5.95. The van der Waals surface area contributed by atoms with E-state index in [0.717, 1.165) is 12.8 Å². The van der Waals surface area contributed by atoms with Gasteiger partial charge in [0.2, 0.25) is 0 Å². The fraction of sp³-hybridized carbons (Fsp3) is 0.0556. The molecule has 1 aliphatic carbocycles. The maximum atomic E-state index is 2.46. The van der Waals surface area contributed by atoms with Crippen molar-refractivity contribution < 1.29 is 0 Å². The molecule has 0 aromatic heterocycles. The second-order valence-electron chi connectivity index (χ2n) is 9.55. The Morgan fingerprint density at radius 3 is 1.42 bits per heavy atom. The zero-order valence-electron chi connectivity index (χ0n) is 20.1. The van der Waals surface area contributed by atoms with E-state index in [1.807, 2.05) is 0 Å². The average molecular weight is 459 g/mol. The maximum Gasteiger partial charge on any atom is -0.00235 e. The second kappa shape index (κ2) is 8.66. The largest absolute Gasteiger partial charge is 0.0757 e. The van der Waals surface area contributed by atoms with Crippen molar-refractivity contribution in [1.29, 1.82) is 0 Å². The van der Waals surface area contributed by atoms with Gasteiger partial charge in [-0.3, -0.25) is 0 Å². The number of fused-ring (bicyclic) bond motifs is 3. The Balaban J connectivity index is 1.62. The van der Waals surface area contributed by atoms with Gasteiger partial charge in [0.1, 0.15) is 0 Å². The SMILES string of the molecule is C1=c2c(-c3ccccc3)c3ccccc3c(-c3ccc(-c4ccccc4)c4ccccc34)c2=CCC1. The van der Waals surface area contributed by atoms with Gasteiger partial charge in [0.05, 0.1) is 0 Å². The fourth-order valence-corrected chi connectivity index (χ4v) is 5.95. The van der Waals surface area contributed by atoms with E-state index in [4.69, 9.17) is 0 Å². The molecule has 0 atom stereocenters. The van der Waals surface area contributed by atoms with Crippen LogP contribution in [0.15, 0.2) is 121 Å². The van der Waals surface area contributed by atoms with Crippen LogP contribution in [0.2, 0.25) is 0 Å². The number of hydrogen-bond donors (Lipinski definition) is 0. The zero-order chi connectivity index (χ0) is 23.9. The summed E-state index contributed by atoms with van der Waals surface area (Å²) < 4.78 is 0. The van der Waals surface area contributed by atoms with Gasteiger partial charge in [-0.2, -0.15) is 0 Å². The first-order chi connectivity index (χ1) is 17.9. The van der Waals surface area contributed by atoms with Gasteiger partial charge in [0.25, 0.3) is 0 Å². The highest BCUT2D eigenvalue weighted by Gasteiger charge is 2.18. The van der Waals surface area contributed by atoms with Crippen LogP contribution in [0.3, 0.4) is 0 Å². The molecule has 0 amide bonds. The van der Waals surface area contributed by atoms with Gasteiger partial charge < -0.3 is 0 Å². The van der Waals surface area contributed by atoms with Crippen molar-refractivity contribution in [3.05, 3.63) is 132 Å². The summed E-state index contributed by atoms with van der Waals surface area (Å²) in [5.41, 5.74) is 7.84. The smallest absolute Gasteiger partial charge is 0.00235 e. The summed E-state index contributed by atoms with van der Waals surface area (Å²) >= 11 is 0. The van der Waals surface area contributed by atoms with Crippen molar-refractivity contribution in [3.63, 3.8) is 0 Å². The quantitative estimate of drug-likeness (QED) is 0.250. The minimum atomic E-state index is 1.08. The lowest BCUT2D eigenvalue weighted by Gasteiger charge is -2.19. The van der Waals surface area contributed by atoms with Crippen molar-refractivity contribution in [1.82, 2.24) is 0 Å². The van der Waals surface area contributed by atoms with Crippen LogP contribution < -0.4 is 10.4 Å². The Bertz CT molecular complexity index is 1860. The van der Waals surface area contributed by atoms with Gasteiger partial charge >= 0.3 is 0 Å². The lowest BCUT2D eigenvalue weighted by atomic mass is 9.84. The molecule has 0 N–H and O–H groups in total. The molecule has 0 unspecified atom stereocenters. The first-order valence-electron chi connectivity index (χ1n) is 12.8. The summed E-state index contributed by atoms with van der Waals surface area (Å²) in [4.78, 5) is 0. The molecule has 0 heterocycles. The Morgan fingerprint density at radius 1 is 0.333 bits per heavy atom. The van der Waals surface area contributed by atoms with Gasteiger partial charge in [0.15, 0.2) is 0 Å². The van der Waals surface area contributed by atoms with Crippen LogP contribution in [0.1, 0.15) is 12.8 Å². The molecule has 0 aliphatic heterocycles. The van der Waals surface area contributed by atoms with Crippen LogP contribution in [0, 0.1) is 0 Å².